The molecule has 0 unspecified atom stereocenters. The monoisotopic (exact) mass is 988 g/mol. The number of aromatic nitrogens is 2. The standard InChI is InChI=1S/C53H64N8O9S/c1-33(2)69-47-9-5-4-7-39(47)42-8-6-22-59(42)37-28-53(29-37)19-23-58(24-20-53)36-10-12-40(43(26-36)60-45-25-35-16-21-54-49(35)56-51(45)70-48-32-68-31-46(48)60)50(62)57-71(66,67)38-11-13-41(44(27-38)61(64)65)55-30-34-14-17-52(3,63)18-15-34/h4-5,7,9-13,16,21,25-27,33-34,37,42,46,48,55,63H,6,8,14-15,17-20,22-24,28-32H2,1-3H3,(H,54,56)(H,57,62)/t34?,42-,46+,48+,52?/m0/s1. The van der Waals surface area contributed by atoms with Gasteiger partial charge in [0.25, 0.3) is 21.6 Å². The molecule has 4 N–H and O–H groups in total. The molecule has 71 heavy (non-hydrogen) atoms. The molecule has 0 radical (unpaired) electrons. The number of nitrogens with zero attached hydrogens (tertiary/aromatic N) is 5. The van der Waals surface area contributed by atoms with E-state index in [1.807, 2.05) is 36.1 Å². The number of amides is 1. The van der Waals surface area contributed by atoms with Gasteiger partial charge in [-0.2, -0.15) is 4.98 Å². The largest absolute Gasteiger partial charge is 0.491 e. The molecular weight excluding hydrogens is 925 g/mol. The molecule has 1 spiro atoms. The number of H-pyrrole nitrogens is 1. The number of nitro benzene ring substituents is 1. The Hall–Kier alpha value is -5.95. The zero-order valence-corrected chi connectivity index (χ0v) is 41.5. The predicted octanol–water partition coefficient (Wildman–Crippen LogP) is 8.61. The van der Waals surface area contributed by atoms with Gasteiger partial charge in [0.1, 0.15) is 28.9 Å². The van der Waals surface area contributed by atoms with E-state index in [1.165, 1.54) is 24.1 Å². The molecule has 4 aliphatic heterocycles. The number of hydrogen-bond donors (Lipinski definition) is 4. The third-order valence-electron chi connectivity index (χ3n) is 16.2. The van der Waals surface area contributed by atoms with Gasteiger partial charge in [0.05, 0.1) is 52.0 Å². The fourth-order valence-corrected chi connectivity index (χ4v) is 13.3. The normalized spacial score (nSPS) is 25.4. The number of para-hydroxylation sites is 1. The molecule has 2 saturated carbocycles. The lowest BCUT2D eigenvalue weighted by atomic mass is 9.60. The summed E-state index contributed by atoms with van der Waals surface area (Å²) in [7, 11) is -4.62. The molecule has 6 heterocycles. The third kappa shape index (κ3) is 9.28. The molecule has 5 fully saturated rings. The Morgan fingerprint density at radius 2 is 1.77 bits per heavy atom. The molecule has 376 valence electrons. The maximum absolute atomic E-state index is 14.6. The van der Waals surface area contributed by atoms with Crippen molar-refractivity contribution in [2.75, 3.05) is 54.5 Å². The second-order valence-corrected chi connectivity index (χ2v) is 23.1. The van der Waals surface area contributed by atoms with Crippen LogP contribution in [0, 0.1) is 21.4 Å². The minimum absolute atomic E-state index is 0.0973. The number of pyridine rings is 1. The smallest absolute Gasteiger partial charge is 0.293 e. The molecule has 2 aromatic heterocycles. The van der Waals surface area contributed by atoms with E-state index >= 15 is 0 Å². The molecule has 1 amide bonds. The summed E-state index contributed by atoms with van der Waals surface area (Å²) >= 11 is 0. The number of hydrogen-bond acceptors (Lipinski definition) is 14. The van der Waals surface area contributed by atoms with E-state index in [4.69, 9.17) is 19.2 Å². The van der Waals surface area contributed by atoms with Crippen molar-refractivity contribution in [3.63, 3.8) is 0 Å². The highest BCUT2D eigenvalue weighted by atomic mass is 32.2. The van der Waals surface area contributed by atoms with Crippen molar-refractivity contribution in [2.45, 2.75) is 126 Å². The van der Waals surface area contributed by atoms with Crippen molar-refractivity contribution in [2.24, 2.45) is 11.3 Å². The highest BCUT2D eigenvalue weighted by Gasteiger charge is 2.50. The molecule has 2 aliphatic carbocycles. The summed E-state index contributed by atoms with van der Waals surface area (Å²) in [6.07, 6.45) is 11.0. The lowest BCUT2D eigenvalue weighted by molar-refractivity contribution is -0.384. The van der Waals surface area contributed by atoms with Gasteiger partial charge < -0.3 is 39.4 Å². The first-order valence-corrected chi connectivity index (χ1v) is 26.8. The van der Waals surface area contributed by atoms with E-state index in [1.54, 1.807) is 12.3 Å². The van der Waals surface area contributed by atoms with Crippen LogP contribution in [0.1, 0.15) is 107 Å². The molecule has 17 nitrogen and oxygen atoms in total. The number of fused-ring (bicyclic) bond motifs is 3. The Kier molecular flexibility index (Phi) is 12.4. The Balaban J connectivity index is 0.851. The first-order chi connectivity index (χ1) is 34.1. The van der Waals surface area contributed by atoms with Gasteiger partial charge in [-0.3, -0.25) is 19.8 Å². The van der Waals surface area contributed by atoms with Crippen molar-refractivity contribution in [3.8, 4) is 11.6 Å². The van der Waals surface area contributed by atoms with Crippen molar-refractivity contribution in [1.29, 1.82) is 0 Å². The van der Waals surface area contributed by atoms with Gasteiger partial charge in [-0.25, -0.2) is 13.1 Å². The predicted molar refractivity (Wildman–Crippen MR) is 270 cm³/mol. The Bertz CT molecular complexity index is 2940. The molecule has 3 atom stereocenters. The topological polar surface area (TPSA) is 205 Å². The number of aromatic amines is 1. The van der Waals surface area contributed by atoms with Crippen LogP contribution in [0.15, 0.2) is 83.9 Å². The van der Waals surface area contributed by atoms with Gasteiger partial charge in [0.15, 0.2) is 0 Å². The number of ether oxygens (including phenoxy) is 3. The summed E-state index contributed by atoms with van der Waals surface area (Å²) in [6, 6.07) is 22.1. The zero-order chi connectivity index (χ0) is 49.2. The van der Waals surface area contributed by atoms with E-state index in [0.717, 1.165) is 87.5 Å². The van der Waals surface area contributed by atoms with Gasteiger partial charge in [-0.05, 0) is 151 Å². The molecule has 3 saturated heterocycles. The summed E-state index contributed by atoms with van der Waals surface area (Å²) in [4.78, 5) is 41.0. The maximum Gasteiger partial charge on any atom is 0.293 e. The number of nitrogens with one attached hydrogen (secondary N) is 3. The summed E-state index contributed by atoms with van der Waals surface area (Å²) in [5.74, 6) is 0.663. The number of piperidine rings is 1. The molecule has 3 aromatic carbocycles. The van der Waals surface area contributed by atoms with Crippen LogP contribution in [0.5, 0.6) is 11.6 Å². The third-order valence-corrected chi connectivity index (χ3v) is 17.5. The molecular formula is C53H64N8O9S. The van der Waals surface area contributed by atoms with Crippen LogP contribution in [0.4, 0.5) is 28.4 Å². The van der Waals surface area contributed by atoms with Crippen LogP contribution in [-0.4, -0.2) is 109 Å². The molecule has 18 heteroatoms. The molecule has 5 aromatic rings. The highest BCUT2D eigenvalue weighted by molar-refractivity contribution is 7.90. The van der Waals surface area contributed by atoms with Crippen molar-refractivity contribution >= 4 is 55.4 Å². The summed E-state index contributed by atoms with van der Waals surface area (Å²) in [6.45, 7) is 9.76. The maximum atomic E-state index is 14.6. The minimum Gasteiger partial charge on any atom is -0.491 e. The number of likely N-dealkylation sites (tertiary alicyclic amines) is 1. The number of carbonyl (C=O) groups excluding carboxylic acids is 1. The van der Waals surface area contributed by atoms with Crippen LogP contribution in [0.3, 0.4) is 0 Å². The Labute approximate surface area is 414 Å². The summed E-state index contributed by atoms with van der Waals surface area (Å²) < 4.78 is 49.2. The van der Waals surface area contributed by atoms with E-state index in [-0.39, 0.29) is 34.7 Å². The lowest BCUT2D eigenvalue weighted by Crippen LogP contribution is -2.55. The molecule has 0 bridgehead atoms. The quantitative estimate of drug-likeness (QED) is 0.0645. The van der Waals surface area contributed by atoms with E-state index in [9.17, 15) is 28.4 Å². The van der Waals surface area contributed by atoms with Gasteiger partial charge in [-0.15, -0.1) is 0 Å². The summed E-state index contributed by atoms with van der Waals surface area (Å²) in [5, 5.41) is 26.7. The van der Waals surface area contributed by atoms with E-state index < -0.39 is 43.1 Å². The average molecular weight is 989 g/mol. The SMILES string of the molecule is CC(C)Oc1ccccc1[C@@H]1CCCN1C1CC2(CCN(c3ccc(C(=O)NS(=O)(=O)c4ccc(NCC5CCC(C)(O)CC5)c([N+](=O)[O-])c4)c(N4c5cc6cc[nH]c6nc5O[C@@H]5COC[C@H]54)c3)CC2)C1. The Morgan fingerprint density at radius 1 is 0.986 bits per heavy atom. The fourth-order valence-electron chi connectivity index (χ4n) is 12.3. The van der Waals surface area contributed by atoms with Crippen molar-refractivity contribution in [3.05, 3.63) is 100 Å². The van der Waals surface area contributed by atoms with Gasteiger partial charge in [0, 0.05) is 60.6 Å². The van der Waals surface area contributed by atoms with Crippen LogP contribution < -0.4 is 29.3 Å². The van der Waals surface area contributed by atoms with Gasteiger partial charge >= 0.3 is 0 Å². The van der Waals surface area contributed by atoms with Crippen LogP contribution in [0.2, 0.25) is 0 Å². The second kappa shape index (κ2) is 18.6. The molecule has 11 rings (SSSR count). The lowest BCUT2D eigenvalue weighted by Gasteiger charge is -2.56. The number of sulfonamides is 1. The van der Waals surface area contributed by atoms with Crippen LogP contribution in [-0.2, 0) is 14.8 Å². The van der Waals surface area contributed by atoms with E-state index in [0.29, 0.717) is 67.6 Å². The number of benzene rings is 3. The fraction of sp³-hybridized carbons (Fsp3) is 0.509. The number of rotatable bonds is 13. The first-order valence-electron chi connectivity index (χ1n) is 25.4. The molecule has 6 aliphatic rings. The number of anilines is 4. The minimum atomic E-state index is -4.62. The zero-order valence-electron chi connectivity index (χ0n) is 40.6. The highest BCUT2D eigenvalue weighted by Crippen LogP contribution is 2.55. The van der Waals surface area contributed by atoms with Crippen molar-refractivity contribution < 1.29 is 37.5 Å². The van der Waals surface area contributed by atoms with E-state index in [2.05, 4.69) is 62.9 Å². The Morgan fingerprint density at radius 3 is 2.55 bits per heavy atom. The number of nitro groups is 1. The average Bonchev–Trinajstić information content (AvgIpc) is 4.13. The van der Waals surface area contributed by atoms with Gasteiger partial charge in [-0.1, -0.05) is 18.2 Å². The van der Waals surface area contributed by atoms with Crippen molar-refractivity contribution in [1.82, 2.24) is 19.6 Å². The number of carbonyl (C=O) groups is 1. The first kappa shape index (κ1) is 47.4. The van der Waals surface area contributed by atoms with Crippen LogP contribution >= 0.6 is 0 Å². The van der Waals surface area contributed by atoms with Crippen LogP contribution in [0.25, 0.3) is 11.0 Å². The van der Waals surface area contributed by atoms with Gasteiger partial charge in [0.2, 0.25) is 5.88 Å². The number of aliphatic hydroxyl groups is 1. The second-order valence-electron chi connectivity index (χ2n) is 21.4. The summed E-state index contributed by atoms with van der Waals surface area (Å²) in [5.41, 5.74) is 3.32.